The molecule has 0 radical (unpaired) electrons. The molecule has 1 N–H and O–H groups in total. The Kier molecular flexibility index (Phi) is 2.60. The lowest BCUT2D eigenvalue weighted by atomic mass is 10.2. The first-order valence-electron chi connectivity index (χ1n) is 4.92. The van der Waals surface area contributed by atoms with E-state index in [9.17, 15) is 9.18 Å². The van der Waals surface area contributed by atoms with E-state index in [1.54, 1.807) is 19.1 Å². The van der Waals surface area contributed by atoms with Crippen LogP contribution in [-0.4, -0.2) is 20.9 Å². The lowest BCUT2D eigenvalue weighted by Gasteiger charge is -2.04. The largest absolute Gasteiger partial charge is 0.481 e. The summed E-state index contributed by atoms with van der Waals surface area (Å²) in [5.41, 5.74) is 0.539. The molecular weight excluding hydrogens is 211 g/mol. The van der Waals surface area contributed by atoms with Crippen LogP contribution in [0.3, 0.4) is 0 Å². The summed E-state index contributed by atoms with van der Waals surface area (Å²) in [5, 5.41) is 13.3. The van der Waals surface area contributed by atoms with Gasteiger partial charge in [0.25, 0.3) is 0 Å². The molecule has 5 heteroatoms. The number of aromatic nitrogens is 2. The van der Waals surface area contributed by atoms with Crippen LogP contribution in [0.5, 0.6) is 0 Å². The molecule has 1 unspecified atom stereocenters. The van der Waals surface area contributed by atoms with Gasteiger partial charge >= 0.3 is 5.97 Å². The van der Waals surface area contributed by atoms with Gasteiger partial charge in [-0.2, -0.15) is 5.10 Å². The van der Waals surface area contributed by atoms with Gasteiger partial charge in [-0.15, -0.1) is 0 Å². The lowest BCUT2D eigenvalue weighted by molar-refractivity contribution is -0.141. The molecule has 2 rings (SSSR count). The Morgan fingerprint density at radius 3 is 3.00 bits per heavy atom. The summed E-state index contributed by atoms with van der Waals surface area (Å²) in [5.74, 6) is -1.77. The fraction of sp³-hybridized carbons (Fsp3) is 0.273. The Balaban J connectivity index is 2.33. The molecule has 0 aliphatic carbocycles. The van der Waals surface area contributed by atoms with Gasteiger partial charge in [0.1, 0.15) is 5.82 Å². The van der Waals surface area contributed by atoms with Gasteiger partial charge < -0.3 is 5.11 Å². The summed E-state index contributed by atoms with van der Waals surface area (Å²) < 4.78 is 14.8. The average molecular weight is 222 g/mol. The van der Waals surface area contributed by atoms with Crippen molar-refractivity contribution in [3.63, 3.8) is 0 Å². The first-order valence-corrected chi connectivity index (χ1v) is 4.92. The molecule has 0 bridgehead atoms. The van der Waals surface area contributed by atoms with Crippen molar-refractivity contribution in [3.8, 4) is 0 Å². The molecule has 0 aliphatic rings. The molecule has 84 valence electrons. The number of rotatable bonds is 3. The number of carbonyl (C=O) groups is 1. The molecule has 0 fully saturated rings. The lowest BCUT2D eigenvalue weighted by Crippen LogP contribution is -2.16. The Labute approximate surface area is 91.3 Å². The summed E-state index contributed by atoms with van der Waals surface area (Å²) in [6.45, 7) is 1.83. The molecule has 0 aliphatic heterocycles. The van der Waals surface area contributed by atoms with E-state index in [0.29, 0.717) is 10.9 Å². The second-order valence-corrected chi connectivity index (χ2v) is 3.76. The van der Waals surface area contributed by atoms with E-state index >= 15 is 0 Å². The van der Waals surface area contributed by atoms with Crippen molar-refractivity contribution in [2.75, 3.05) is 0 Å². The van der Waals surface area contributed by atoms with Crippen molar-refractivity contribution in [2.24, 2.45) is 5.92 Å². The number of halogens is 1. The third kappa shape index (κ3) is 1.88. The van der Waals surface area contributed by atoms with Crippen molar-refractivity contribution in [1.29, 1.82) is 0 Å². The molecule has 16 heavy (non-hydrogen) atoms. The summed E-state index contributed by atoms with van der Waals surface area (Å²) in [7, 11) is 0. The van der Waals surface area contributed by atoms with Crippen LogP contribution >= 0.6 is 0 Å². The Morgan fingerprint density at radius 1 is 1.62 bits per heavy atom. The minimum Gasteiger partial charge on any atom is -0.481 e. The van der Waals surface area contributed by atoms with Crippen LogP contribution in [0.1, 0.15) is 6.92 Å². The van der Waals surface area contributed by atoms with Crippen molar-refractivity contribution in [3.05, 3.63) is 30.2 Å². The summed E-state index contributed by atoms with van der Waals surface area (Å²) in [4.78, 5) is 10.7. The molecule has 2 aromatic rings. The zero-order valence-corrected chi connectivity index (χ0v) is 8.72. The van der Waals surface area contributed by atoms with Crippen LogP contribution in [0.4, 0.5) is 4.39 Å². The van der Waals surface area contributed by atoms with E-state index in [0.717, 1.165) is 0 Å². The highest BCUT2D eigenvalue weighted by Gasteiger charge is 2.13. The number of nitrogens with zero attached hydrogens (tertiary/aromatic N) is 2. The van der Waals surface area contributed by atoms with Gasteiger partial charge in [0.15, 0.2) is 0 Å². The highest BCUT2D eigenvalue weighted by molar-refractivity contribution is 5.78. The van der Waals surface area contributed by atoms with Crippen molar-refractivity contribution < 1.29 is 14.3 Å². The molecule has 0 spiro atoms. The van der Waals surface area contributed by atoms with Crippen molar-refractivity contribution >= 4 is 16.9 Å². The smallest absolute Gasteiger partial charge is 0.308 e. The fourth-order valence-corrected chi connectivity index (χ4v) is 1.51. The summed E-state index contributed by atoms with van der Waals surface area (Å²) >= 11 is 0. The van der Waals surface area contributed by atoms with E-state index in [1.807, 2.05) is 0 Å². The predicted octanol–water partition coefficient (Wildman–Crippen LogP) is 1.90. The second kappa shape index (κ2) is 3.92. The number of aliphatic carboxylic acids is 1. The van der Waals surface area contributed by atoms with Gasteiger partial charge in [-0.05, 0) is 12.1 Å². The maximum atomic E-state index is 13.3. The SMILES string of the molecule is CC(Cn1cc2c(F)cccc2n1)C(=O)O. The zero-order chi connectivity index (χ0) is 11.7. The van der Waals surface area contributed by atoms with Crippen LogP contribution in [-0.2, 0) is 11.3 Å². The van der Waals surface area contributed by atoms with Crippen LogP contribution in [0, 0.1) is 11.7 Å². The van der Waals surface area contributed by atoms with E-state index in [1.165, 1.54) is 16.9 Å². The van der Waals surface area contributed by atoms with E-state index in [-0.39, 0.29) is 12.4 Å². The third-order valence-electron chi connectivity index (χ3n) is 2.43. The minimum absolute atomic E-state index is 0.240. The van der Waals surface area contributed by atoms with Gasteiger partial charge in [-0.1, -0.05) is 13.0 Å². The molecular formula is C11H11FN2O2. The number of hydrogen-bond donors (Lipinski definition) is 1. The Bertz CT molecular complexity index is 536. The first-order chi connectivity index (χ1) is 7.58. The molecule has 0 amide bonds. The standard InChI is InChI=1S/C11H11FN2O2/c1-7(11(15)16)5-14-6-8-9(12)3-2-4-10(8)13-14/h2-4,6-7H,5H2,1H3,(H,15,16). The number of carboxylic acids is 1. The van der Waals surface area contributed by atoms with Crippen LogP contribution < -0.4 is 0 Å². The monoisotopic (exact) mass is 222 g/mol. The van der Waals surface area contributed by atoms with Gasteiger partial charge in [0, 0.05) is 6.20 Å². The van der Waals surface area contributed by atoms with Gasteiger partial charge in [-0.25, -0.2) is 4.39 Å². The van der Waals surface area contributed by atoms with Crippen molar-refractivity contribution in [1.82, 2.24) is 9.78 Å². The second-order valence-electron chi connectivity index (χ2n) is 3.76. The average Bonchev–Trinajstić information content (AvgIpc) is 2.61. The molecule has 0 saturated carbocycles. The van der Waals surface area contributed by atoms with E-state index < -0.39 is 11.9 Å². The van der Waals surface area contributed by atoms with Gasteiger partial charge in [0.05, 0.1) is 23.4 Å². The van der Waals surface area contributed by atoms with Crippen LogP contribution in [0.15, 0.2) is 24.4 Å². The fourth-order valence-electron chi connectivity index (χ4n) is 1.51. The maximum Gasteiger partial charge on any atom is 0.308 e. The number of fused-ring (bicyclic) bond motifs is 1. The van der Waals surface area contributed by atoms with Gasteiger partial charge in [0.2, 0.25) is 0 Å². The molecule has 0 saturated heterocycles. The van der Waals surface area contributed by atoms with E-state index in [2.05, 4.69) is 5.10 Å². The predicted molar refractivity (Wildman–Crippen MR) is 56.5 cm³/mol. The number of benzene rings is 1. The first kappa shape index (κ1) is 10.6. The quantitative estimate of drug-likeness (QED) is 0.862. The topological polar surface area (TPSA) is 55.1 Å². The number of carboxylic acid groups (broad SMARTS) is 1. The Morgan fingerprint density at radius 2 is 2.38 bits per heavy atom. The van der Waals surface area contributed by atoms with Crippen LogP contribution in [0.2, 0.25) is 0 Å². The minimum atomic E-state index is -0.889. The highest BCUT2D eigenvalue weighted by atomic mass is 19.1. The molecule has 1 atom stereocenters. The molecule has 1 heterocycles. The van der Waals surface area contributed by atoms with Crippen LogP contribution in [0.25, 0.3) is 10.9 Å². The Hall–Kier alpha value is -1.91. The molecule has 1 aromatic heterocycles. The normalized spacial score (nSPS) is 12.9. The summed E-state index contributed by atoms with van der Waals surface area (Å²) in [6.07, 6.45) is 1.53. The number of hydrogen-bond acceptors (Lipinski definition) is 2. The summed E-state index contributed by atoms with van der Waals surface area (Å²) in [6, 6.07) is 4.63. The molecule has 4 nitrogen and oxygen atoms in total. The molecule has 1 aromatic carbocycles. The maximum absolute atomic E-state index is 13.3. The zero-order valence-electron chi connectivity index (χ0n) is 8.72. The van der Waals surface area contributed by atoms with Crippen molar-refractivity contribution in [2.45, 2.75) is 13.5 Å². The highest BCUT2D eigenvalue weighted by Crippen LogP contribution is 2.16. The van der Waals surface area contributed by atoms with E-state index in [4.69, 9.17) is 5.11 Å². The van der Waals surface area contributed by atoms with Gasteiger partial charge in [-0.3, -0.25) is 9.48 Å². The third-order valence-corrected chi connectivity index (χ3v) is 2.43.